The van der Waals surface area contributed by atoms with Crippen LogP contribution in [0.15, 0.2) is 30.3 Å². The SMILES string of the molecule is O=C(CCCCBr)N[C@]1(Cc2ccccc2)NCCO1. The molecule has 0 spiro atoms. The van der Waals surface area contributed by atoms with Crippen molar-refractivity contribution in [2.24, 2.45) is 0 Å². The molecule has 1 aromatic carbocycles. The molecule has 1 aliphatic heterocycles. The highest BCUT2D eigenvalue weighted by Crippen LogP contribution is 2.17. The summed E-state index contributed by atoms with van der Waals surface area (Å²) < 4.78 is 5.77. The molecular formula is C15H21BrN2O2. The molecule has 0 unspecified atom stereocenters. The van der Waals surface area contributed by atoms with Crippen LogP contribution in [0.2, 0.25) is 0 Å². The number of ether oxygens (including phenoxy) is 1. The number of halogens is 1. The van der Waals surface area contributed by atoms with E-state index in [0.29, 0.717) is 19.4 Å². The maximum absolute atomic E-state index is 12.0. The minimum absolute atomic E-state index is 0.0382. The van der Waals surface area contributed by atoms with Gasteiger partial charge in [-0.2, -0.15) is 0 Å². The zero-order valence-electron chi connectivity index (χ0n) is 11.5. The van der Waals surface area contributed by atoms with Gasteiger partial charge in [0.2, 0.25) is 11.8 Å². The zero-order chi connectivity index (χ0) is 14.3. The van der Waals surface area contributed by atoms with E-state index in [4.69, 9.17) is 4.74 Å². The van der Waals surface area contributed by atoms with E-state index >= 15 is 0 Å². The number of alkyl halides is 1. The predicted molar refractivity (Wildman–Crippen MR) is 82.6 cm³/mol. The summed E-state index contributed by atoms with van der Waals surface area (Å²) in [6.07, 6.45) is 3.07. The van der Waals surface area contributed by atoms with Gasteiger partial charge in [-0.05, 0) is 18.4 Å². The van der Waals surface area contributed by atoms with Crippen LogP contribution in [0.4, 0.5) is 0 Å². The fourth-order valence-corrected chi connectivity index (χ4v) is 2.71. The van der Waals surface area contributed by atoms with E-state index in [1.54, 1.807) is 0 Å². The van der Waals surface area contributed by atoms with Gasteiger partial charge in [0.05, 0.1) is 6.61 Å². The Hall–Kier alpha value is -0.910. The standard InChI is InChI=1S/C15H21BrN2O2/c16-9-5-4-8-14(19)18-15(17-10-11-20-15)12-13-6-2-1-3-7-13/h1-3,6-7,17H,4-5,8-12H2,(H,18,19)/t15-/m0/s1. The lowest BCUT2D eigenvalue weighted by atomic mass is 10.1. The molecule has 0 aliphatic carbocycles. The first kappa shape index (κ1) is 15.5. The van der Waals surface area contributed by atoms with Gasteiger partial charge < -0.3 is 10.1 Å². The van der Waals surface area contributed by atoms with E-state index in [1.165, 1.54) is 0 Å². The van der Waals surface area contributed by atoms with Crippen LogP contribution in [0.25, 0.3) is 0 Å². The van der Waals surface area contributed by atoms with Crippen LogP contribution in [0.3, 0.4) is 0 Å². The van der Waals surface area contributed by atoms with Gasteiger partial charge in [-0.15, -0.1) is 0 Å². The summed E-state index contributed by atoms with van der Waals surface area (Å²) >= 11 is 3.37. The van der Waals surface area contributed by atoms with Crippen molar-refractivity contribution in [1.82, 2.24) is 10.6 Å². The molecule has 1 aliphatic rings. The van der Waals surface area contributed by atoms with Crippen LogP contribution in [-0.4, -0.2) is 30.2 Å². The van der Waals surface area contributed by atoms with Crippen LogP contribution >= 0.6 is 15.9 Å². The minimum Gasteiger partial charge on any atom is -0.341 e. The van der Waals surface area contributed by atoms with Crippen molar-refractivity contribution in [2.45, 2.75) is 31.5 Å². The van der Waals surface area contributed by atoms with Crippen molar-refractivity contribution >= 4 is 21.8 Å². The van der Waals surface area contributed by atoms with Gasteiger partial charge in [-0.25, -0.2) is 0 Å². The Kier molecular flexibility index (Phi) is 6.01. The molecule has 0 radical (unpaired) electrons. The smallest absolute Gasteiger partial charge is 0.223 e. The number of benzene rings is 1. The Morgan fingerprint density at radius 2 is 2.15 bits per heavy atom. The Morgan fingerprint density at radius 1 is 1.35 bits per heavy atom. The third kappa shape index (κ3) is 4.58. The highest BCUT2D eigenvalue weighted by atomic mass is 79.9. The molecule has 1 amide bonds. The molecule has 110 valence electrons. The van der Waals surface area contributed by atoms with Gasteiger partial charge in [0.1, 0.15) is 0 Å². The molecule has 1 atom stereocenters. The van der Waals surface area contributed by atoms with Gasteiger partial charge in [-0.1, -0.05) is 46.3 Å². The third-order valence-electron chi connectivity index (χ3n) is 3.29. The van der Waals surface area contributed by atoms with E-state index in [1.807, 2.05) is 30.3 Å². The minimum atomic E-state index is -0.743. The fraction of sp³-hybridized carbons (Fsp3) is 0.533. The number of rotatable bonds is 7. The molecule has 0 saturated carbocycles. The topological polar surface area (TPSA) is 50.4 Å². The fourth-order valence-electron chi connectivity index (χ4n) is 2.32. The Labute approximate surface area is 128 Å². The number of hydrogen-bond donors (Lipinski definition) is 2. The number of carbonyl (C=O) groups excluding carboxylic acids is 1. The van der Waals surface area contributed by atoms with E-state index in [9.17, 15) is 4.79 Å². The first-order valence-electron chi connectivity index (χ1n) is 7.04. The molecule has 0 bridgehead atoms. The Bertz CT molecular complexity index is 419. The average Bonchev–Trinajstić information content (AvgIpc) is 2.88. The molecule has 2 rings (SSSR count). The normalized spacial score (nSPS) is 21.9. The van der Waals surface area contributed by atoms with Crippen LogP contribution in [0.1, 0.15) is 24.8 Å². The largest absolute Gasteiger partial charge is 0.341 e. The maximum atomic E-state index is 12.0. The highest BCUT2D eigenvalue weighted by molar-refractivity contribution is 9.09. The first-order valence-corrected chi connectivity index (χ1v) is 8.16. The van der Waals surface area contributed by atoms with E-state index < -0.39 is 5.85 Å². The number of carbonyl (C=O) groups is 1. The number of nitrogens with one attached hydrogen (secondary N) is 2. The van der Waals surface area contributed by atoms with Crippen LogP contribution in [0.5, 0.6) is 0 Å². The summed E-state index contributed by atoms with van der Waals surface area (Å²) in [6.45, 7) is 1.38. The molecule has 20 heavy (non-hydrogen) atoms. The number of amides is 1. The predicted octanol–water partition coefficient (Wildman–Crippen LogP) is 2.18. The Morgan fingerprint density at radius 3 is 2.80 bits per heavy atom. The molecule has 5 heteroatoms. The van der Waals surface area contributed by atoms with E-state index in [0.717, 1.165) is 30.3 Å². The summed E-state index contributed by atoms with van der Waals surface area (Å²) in [5.74, 6) is -0.705. The van der Waals surface area contributed by atoms with Crippen molar-refractivity contribution in [2.75, 3.05) is 18.5 Å². The van der Waals surface area contributed by atoms with Crippen molar-refractivity contribution in [1.29, 1.82) is 0 Å². The summed E-state index contributed by atoms with van der Waals surface area (Å²) in [7, 11) is 0. The molecular weight excluding hydrogens is 320 g/mol. The summed E-state index contributed by atoms with van der Waals surface area (Å²) in [5.41, 5.74) is 1.14. The van der Waals surface area contributed by atoms with Crippen molar-refractivity contribution in [3.63, 3.8) is 0 Å². The first-order chi connectivity index (χ1) is 9.74. The second kappa shape index (κ2) is 7.76. The van der Waals surface area contributed by atoms with Gasteiger partial charge in [-0.3, -0.25) is 10.1 Å². The van der Waals surface area contributed by atoms with Gasteiger partial charge in [0.15, 0.2) is 0 Å². The number of hydrogen-bond acceptors (Lipinski definition) is 3. The van der Waals surface area contributed by atoms with Gasteiger partial charge in [0.25, 0.3) is 0 Å². The monoisotopic (exact) mass is 340 g/mol. The summed E-state index contributed by atoms with van der Waals surface area (Å²) in [4.78, 5) is 12.0. The molecule has 0 aromatic heterocycles. The second-order valence-electron chi connectivity index (χ2n) is 4.96. The molecule has 1 heterocycles. The summed E-state index contributed by atoms with van der Waals surface area (Å²) in [5, 5.41) is 7.22. The van der Waals surface area contributed by atoms with Crippen molar-refractivity contribution in [3.8, 4) is 0 Å². The molecule has 1 aromatic rings. The van der Waals surface area contributed by atoms with Crippen LogP contribution in [-0.2, 0) is 16.0 Å². The lowest BCUT2D eigenvalue weighted by molar-refractivity contribution is -0.131. The Balaban J connectivity index is 1.93. The average molecular weight is 341 g/mol. The lowest BCUT2D eigenvalue weighted by Crippen LogP contribution is -2.58. The van der Waals surface area contributed by atoms with Gasteiger partial charge >= 0.3 is 0 Å². The lowest BCUT2D eigenvalue weighted by Gasteiger charge is -2.30. The molecule has 4 nitrogen and oxygen atoms in total. The van der Waals surface area contributed by atoms with E-state index in [-0.39, 0.29) is 5.91 Å². The van der Waals surface area contributed by atoms with Crippen LogP contribution < -0.4 is 10.6 Å². The maximum Gasteiger partial charge on any atom is 0.223 e. The van der Waals surface area contributed by atoms with Crippen molar-refractivity contribution < 1.29 is 9.53 Å². The van der Waals surface area contributed by atoms with Crippen LogP contribution in [0, 0.1) is 0 Å². The van der Waals surface area contributed by atoms with E-state index in [2.05, 4.69) is 26.6 Å². The third-order valence-corrected chi connectivity index (χ3v) is 3.85. The molecule has 1 saturated heterocycles. The highest BCUT2D eigenvalue weighted by Gasteiger charge is 2.36. The van der Waals surface area contributed by atoms with Gasteiger partial charge in [0, 0.05) is 24.7 Å². The molecule has 1 fully saturated rings. The second-order valence-corrected chi connectivity index (χ2v) is 5.75. The quantitative estimate of drug-likeness (QED) is 0.590. The molecule has 2 N–H and O–H groups in total. The summed E-state index contributed by atoms with van der Waals surface area (Å²) in [6, 6.07) is 10.1. The zero-order valence-corrected chi connectivity index (χ0v) is 13.1. The number of unbranched alkanes of at least 4 members (excludes halogenated alkanes) is 1. The van der Waals surface area contributed by atoms with Crippen molar-refractivity contribution in [3.05, 3.63) is 35.9 Å².